The smallest absolute Gasteiger partial charge is 0.147 e. The Morgan fingerprint density at radius 3 is 2.00 bits per heavy atom. The summed E-state index contributed by atoms with van der Waals surface area (Å²) in [6, 6.07) is 12.1. The van der Waals surface area contributed by atoms with Gasteiger partial charge in [0.05, 0.1) is 0 Å². The molecule has 0 heterocycles. The van der Waals surface area contributed by atoms with Gasteiger partial charge in [0.15, 0.2) is 0 Å². The molecule has 0 aliphatic heterocycles. The van der Waals surface area contributed by atoms with Gasteiger partial charge in [0.2, 0.25) is 0 Å². The van der Waals surface area contributed by atoms with Gasteiger partial charge >= 0.3 is 198 Å². The monoisotopic (exact) mass is 560 g/mol. The third-order valence-electron chi connectivity index (χ3n) is 6.87. The van der Waals surface area contributed by atoms with Crippen LogP contribution in [-0.2, 0) is 38.5 Å². The summed E-state index contributed by atoms with van der Waals surface area (Å²) in [5, 5.41) is 0. The number of hydrogen-bond acceptors (Lipinski definition) is 0. The first-order valence-corrected chi connectivity index (χ1v) is 15.4. The molecule has 2 aromatic carbocycles. The van der Waals surface area contributed by atoms with Crippen LogP contribution in [0.25, 0.3) is 11.1 Å². The molecule has 0 saturated heterocycles. The maximum absolute atomic E-state index is 2.52. The number of rotatable bonds is 2. The van der Waals surface area contributed by atoms with E-state index < -0.39 is 21.3 Å². The molecule has 0 nitrogen and oxygen atoms in total. The van der Waals surface area contributed by atoms with E-state index in [-0.39, 0.29) is 35.6 Å². The van der Waals surface area contributed by atoms with Gasteiger partial charge in [-0.2, -0.15) is 0 Å². The Balaban J connectivity index is 0.00000193. The van der Waals surface area contributed by atoms with E-state index in [1.807, 2.05) is 0 Å². The van der Waals surface area contributed by atoms with Crippen molar-refractivity contribution in [3.63, 3.8) is 0 Å². The van der Waals surface area contributed by atoms with Crippen LogP contribution >= 0.6 is 24.8 Å². The Morgan fingerprint density at radius 2 is 1.48 bits per heavy atom. The zero-order valence-electron chi connectivity index (χ0n) is 21.8. The van der Waals surface area contributed by atoms with Gasteiger partial charge in [0.25, 0.3) is 0 Å². The van der Waals surface area contributed by atoms with Crippen LogP contribution in [0.3, 0.4) is 0 Å². The van der Waals surface area contributed by atoms with E-state index in [0.717, 1.165) is 6.42 Å². The molecule has 2 aromatic rings. The summed E-state index contributed by atoms with van der Waals surface area (Å²) in [6.07, 6.45) is 7.22. The van der Waals surface area contributed by atoms with Crippen molar-refractivity contribution in [1.82, 2.24) is 0 Å². The van der Waals surface area contributed by atoms with E-state index in [1.165, 1.54) is 34.2 Å². The SMILES string of the molecule is CC1=CC[C]([Zr](=[C](C)C)[c]2c(C(C)(C)C)ccc3c2Cc2cc(C(C)(C)C)ccc2-3)=C1.Cl.Cl. The fraction of sp³-hybridized carbons (Fsp3) is 0.433. The minimum Gasteiger partial charge on any atom is -0.147 e. The molecule has 0 radical (unpaired) electrons. The molecular weight excluding hydrogens is 522 g/mol. The Bertz CT molecular complexity index is 1160. The predicted molar refractivity (Wildman–Crippen MR) is 149 cm³/mol. The maximum atomic E-state index is 2.52. The maximum Gasteiger partial charge on any atom is -0.147 e. The average Bonchev–Trinajstić information content (AvgIpc) is 3.23. The van der Waals surface area contributed by atoms with Gasteiger partial charge in [-0.15, -0.1) is 24.8 Å². The molecule has 3 heteroatoms. The predicted octanol–water partition coefficient (Wildman–Crippen LogP) is 8.39. The molecule has 0 atom stereocenters. The molecule has 0 unspecified atom stereocenters. The van der Waals surface area contributed by atoms with E-state index in [9.17, 15) is 0 Å². The number of allylic oxidation sites excluding steroid dienone is 4. The molecule has 0 bridgehead atoms. The summed E-state index contributed by atoms with van der Waals surface area (Å²) in [7, 11) is 0. The second kappa shape index (κ2) is 10.1. The standard InChI is InChI=1S/C21H25.C6H7.C3H6.2ClH.Zr/c1-20(2,3)16-7-9-18-14(12-16)11-15-13-17(21(4,5)6)8-10-19(15)18;1-6-4-2-3-5-6;1-3-2;;;/h7-10,12H,11H2,1-6H3;4-5H,2H2,1H3;1-2H3;2*1H;. The van der Waals surface area contributed by atoms with Crippen molar-refractivity contribution in [2.24, 2.45) is 0 Å². The molecule has 33 heavy (non-hydrogen) atoms. The summed E-state index contributed by atoms with van der Waals surface area (Å²) in [5.74, 6) is 0. The van der Waals surface area contributed by atoms with E-state index in [2.05, 4.69) is 105 Å². The molecule has 178 valence electrons. The molecule has 4 rings (SSSR count). The minimum atomic E-state index is -2.14. The first-order chi connectivity index (χ1) is 14.4. The van der Waals surface area contributed by atoms with Gasteiger partial charge in [-0.1, -0.05) is 0 Å². The minimum absolute atomic E-state index is 0. The van der Waals surface area contributed by atoms with Crippen LogP contribution in [0.1, 0.15) is 91.0 Å². The molecule has 2 aliphatic rings. The van der Waals surface area contributed by atoms with E-state index in [0.29, 0.717) is 0 Å². The van der Waals surface area contributed by atoms with Crippen molar-refractivity contribution in [3.8, 4) is 11.1 Å². The molecule has 2 aliphatic carbocycles. The van der Waals surface area contributed by atoms with E-state index in [1.54, 1.807) is 20.9 Å². The van der Waals surface area contributed by atoms with Crippen LogP contribution in [-0.4, -0.2) is 3.21 Å². The van der Waals surface area contributed by atoms with Crippen LogP contribution in [0.2, 0.25) is 0 Å². The fourth-order valence-electron chi connectivity index (χ4n) is 5.22. The van der Waals surface area contributed by atoms with Gasteiger partial charge in [-0.25, -0.2) is 0 Å². The van der Waals surface area contributed by atoms with E-state index >= 15 is 0 Å². The second-order valence-corrected chi connectivity index (χ2v) is 18.9. The van der Waals surface area contributed by atoms with Crippen molar-refractivity contribution in [2.45, 2.75) is 86.0 Å². The van der Waals surface area contributed by atoms with Gasteiger partial charge < -0.3 is 0 Å². The van der Waals surface area contributed by atoms with Crippen LogP contribution < -0.4 is 3.27 Å². The van der Waals surface area contributed by atoms with Gasteiger partial charge in [0, 0.05) is 0 Å². The van der Waals surface area contributed by atoms with Crippen LogP contribution in [0.15, 0.2) is 51.3 Å². The average molecular weight is 563 g/mol. The molecular formula is C30H40Cl2Zr. The number of hydrogen-bond donors (Lipinski definition) is 0. The quantitative estimate of drug-likeness (QED) is 0.294. The first-order valence-electron chi connectivity index (χ1n) is 11.7. The summed E-state index contributed by atoms with van der Waals surface area (Å²) >= 11 is -2.14. The largest absolute Gasteiger partial charge is 0.147 e. The van der Waals surface area contributed by atoms with Crippen molar-refractivity contribution in [1.29, 1.82) is 0 Å². The van der Waals surface area contributed by atoms with Crippen LogP contribution in [0.4, 0.5) is 0 Å². The zero-order valence-corrected chi connectivity index (χ0v) is 25.9. The number of halogens is 2. The summed E-state index contributed by atoms with van der Waals surface area (Å²) in [4.78, 5) is 0. The van der Waals surface area contributed by atoms with Crippen molar-refractivity contribution >= 4 is 31.3 Å². The topological polar surface area (TPSA) is 0 Å². The normalized spacial score (nSPS) is 14.5. The van der Waals surface area contributed by atoms with Crippen molar-refractivity contribution in [3.05, 3.63) is 73.6 Å². The summed E-state index contributed by atoms with van der Waals surface area (Å²) in [6.45, 7) is 21.3. The third kappa shape index (κ3) is 5.42. The number of fused-ring (bicyclic) bond motifs is 3. The fourth-order valence-corrected chi connectivity index (χ4v) is 13.6. The molecule has 0 saturated carbocycles. The summed E-state index contributed by atoms with van der Waals surface area (Å²) < 4.78 is 5.22. The molecule has 0 fully saturated rings. The molecule has 0 spiro atoms. The third-order valence-corrected chi connectivity index (χ3v) is 14.4. The van der Waals surface area contributed by atoms with Crippen molar-refractivity contribution in [2.75, 3.05) is 0 Å². The zero-order chi connectivity index (χ0) is 22.7. The Morgan fingerprint density at radius 1 is 0.848 bits per heavy atom. The summed E-state index contributed by atoms with van der Waals surface area (Å²) in [5.41, 5.74) is 11.0. The molecule has 0 aromatic heterocycles. The molecule has 0 N–H and O–H groups in total. The van der Waals surface area contributed by atoms with E-state index in [4.69, 9.17) is 0 Å². The number of benzene rings is 2. The van der Waals surface area contributed by atoms with Gasteiger partial charge in [-0.3, -0.25) is 0 Å². The second-order valence-electron chi connectivity index (χ2n) is 11.8. The Labute approximate surface area is 221 Å². The molecule has 0 amide bonds. The Hall–Kier alpha value is -0.747. The Kier molecular flexibility index (Phi) is 8.71. The van der Waals surface area contributed by atoms with Crippen LogP contribution in [0.5, 0.6) is 0 Å². The van der Waals surface area contributed by atoms with Gasteiger partial charge in [0.1, 0.15) is 0 Å². The van der Waals surface area contributed by atoms with Crippen molar-refractivity contribution < 1.29 is 21.3 Å². The van der Waals surface area contributed by atoms with Gasteiger partial charge in [-0.05, 0) is 0 Å². The first kappa shape index (κ1) is 28.5. The van der Waals surface area contributed by atoms with Crippen LogP contribution in [0, 0.1) is 0 Å².